The molecule has 1 aliphatic carbocycles. The van der Waals surface area contributed by atoms with Crippen LogP contribution in [-0.4, -0.2) is 57.1 Å². The van der Waals surface area contributed by atoms with Crippen LogP contribution in [0.5, 0.6) is 11.5 Å². The third-order valence-corrected chi connectivity index (χ3v) is 8.17. The zero-order chi connectivity index (χ0) is 27.4. The van der Waals surface area contributed by atoms with E-state index < -0.39 is 17.6 Å². The number of aliphatic hydroxyl groups is 1. The highest BCUT2D eigenvalue weighted by Crippen LogP contribution is 2.38. The Hall–Kier alpha value is -1.83. The molecule has 7 heteroatoms. The quantitative estimate of drug-likeness (QED) is 0.272. The topological polar surface area (TPSA) is 103 Å². The van der Waals surface area contributed by atoms with Gasteiger partial charge in [-0.2, -0.15) is 0 Å². The second-order valence-corrected chi connectivity index (χ2v) is 11.6. The van der Waals surface area contributed by atoms with Gasteiger partial charge in [0.05, 0.1) is 19.8 Å². The molecule has 1 aromatic rings. The molecular formula is C30H52N2O5. The minimum atomic E-state index is -0.789. The molecule has 0 heterocycles. The van der Waals surface area contributed by atoms with Gasteiger partial charge in [-0.25, -0.2) is 0 Å². The summed E-state index contributed by atoms with van der Waals surface area (Å²) in [6.45, 7) is 9.82. The Kier molecular flexibility index (Phi) is 13.2. The Morgan fingerprint density at radius 3 is 2.46 bits per heavy atom. The average Bonchev–Trinajstić information content (AvgIpc) is 2.89. The van der Waals surface area contributed by atoms with Crippen molar-refractivity contribution < 1.29 is 24.1 Å². The van der Waals surface area contributed by atoms with Gasteiger partial charge in [0.15, 0.2) is 11.5 Å². The highest BCUT2D eigenvalue weighted by atomic mass is 16.5. The van der Waals surface area contributed by atoms with Crippen molar-refractivity contribution in [3.8, 4) is 11.5 Å². The summed E-state index contributed by atoms with van der Waals surface area (Å²) in [4.78, 5) is 13.0. The van der Waals surface area contributed by atoms with Crippen LogP contribution >= 0.6 is 0 Å². The van der Waals surface area contributed by atoms with E-state index in [9.17, 15) is 9.90 Å². The zero-order valence-corrected chi connectivity index (χ0v) is 24.1. The van der Waals surface area contributed by atoms with E-state index in [4.69, 9.17) is 19.9 Å². The molecule has 1 saturated carbocycles. The van der Waals surface area contributed by atoms with E-state index in [1.54, 1.807) is 14.2 Å². The maximum Gasteiger partial charge on any atom is 0.226 e. The first-order chi connectivity index (χ1) is 17.6. The van der Waals surface area contributed by atoms with Crippen LogP contribution in [0.3, 0.4) is 0 Å². The van der Waals surface area contributed by atoms with Crippen molar-refractivity contribution in [1.29, 1.82) is 0 Å². The lowest BCUT2D eigenvalue weighted by Crippen LogP contribution is -2.49. The maximum absolute atomic E-state index is 13.0. The highest BCUT2D eigenvalue weighted by molar-refractivity contribution is 5.82. The van der Waals surface area contributed by atoms with Gasteiger partial charge in [-0.3, -0.25) is 4.79 Å². The summed E-state index contributed by atoms with van der Waals surface area (Å²) >= 11 is 0. The van der Waals surface area contributed by atoms with Gasteiger partial charge < -0.3 is 30.4 Å². The highest BCUT2D eigenvalue weighted by Gasteiger charge is 2.37. The van der Waals surface area contributed by atoms with Crippen molar-refractivity contribution in [1.82, 2.24) is 5.32 Å². The molecular weight excluding hydrogens is 468 g/mol. The lowest BCUT2D eigenvalue weighted by Gasteiger charge is -2.36. The van der Waals surface area contributed by atoms with Crippen LogP contribution in [-0.2, 0) is 16.0 Å². The minimum Gasteiger partial charge on any atom is -0.493 e. The molecule has 3 unspecified atom stereocenters. The molecule has 1 aromatic carbocycles. The number of nitrogens with two attached hydrogens (primary N) is 1. The third kappa shape index (κ3) is 9.77. The fourth-order valence-corrected chi connectivity index (χ4v) is 5.33. The molecule has 3 atom stereocenters. The first-order valence-corrected chi connectivity index (χ1v) is 14.1. The summed E-state index contributed by atoms with van der Waals surface area (Å²) in [5.41, 5.74) is 7.18. The van der Waals surface area contributed by atoms with Crippen molar-refractivity contribution in [2.24, 2.45) is 28.9 Å². The van der Waals surface area contributed by atoms with Crippen LogP contribution in [0.2, 0.25) is 0 Å². The van der Waals surface area contributed by atoms with Crippen LogP contribution < -0.4 is 20.5 Å². The molecule has 7 nitrogen and oxygen atoms in total. The predicted molar refractivity (Wildman–Crippen MR) is 149 cm³/mol. The van der Waals surface area contributed by atoms with Gasteiger partial charge >= 0.3 is 0 Å². The van der Waals surface area contributed by atoms with Gasteiger partial charge in [0.2, 0.25) is 5.91 Å². The number of amides is 1. The number of ether oxygens (including phenoxy) is 3. The summed E-state index contributed by atoms with van der Waals surface area (Å²) in [6, 6.07) is 5.62. The summed E-state index contributed by atoms with van der Waals surface area (Å²) < 4.78 is 16.5. The number of methoxy groups -OCH3 is 2. The lowest BCUT2D eigenvalue weighted by molar-refractivity contribution is -0.133. The fourth-order valence-electron chi connectivity index (χ4n) is 5.33. The number of carbonyl (C=O) groups is 1. The molecule has 2 rings (SSSR count). The monoisotopic (exact) mass is 520 g/mol. The number of nitrogens with one attached hydrogen (secondary N) is 1. The van der Waals surface area contributed by atoms with Gasteiger partial charge in [-0.1, -0.05) is 53.0 Å². The van der Waals surface area contributed by atoms with E-state index >= 15 is 0 Å². The molecule has 0 radical (unpaired) electrons. The van der Waals surface area contributed by atoms with Crippen molar-refractivity contribution in [3.63, 3.8) is 0 Å². The second kappa shape index (κ2) is 15.6. The maximum atomic E-state index is 13.0. The fraction of sp³-hybridized carbons (Fsp3) is 0.767. The second-order valence-electron chi connectivity index (χ2n) is 11.6. The number of aliphatic hydroxyl groups excluding tert-OH is 1. The van der Waals surface area contributed by atoms with Gasteiger partial charge in [0, 0.05) is 38.1 Å². The Labute approximate surface area is 224 Å². The molecule has 4 N–H and O–H groups in total. The van der Waals surface area contributed by atoms with E-state index in [1.165, 1.54) is 19.3 Å². The average molecular weight is 521 g/mol. The van der Waals surface area contributed by atoms with Crippen molar-refractivity contribution in [2.45, 2.75) is 91.2 Å². The largest absolute Gasteiger partial charge is 0.493 e. The summed E-state index contributed by atoms with van der Waals surface area (Å²) in [6.07, 6.45) is 7.35. The molecule has 1 amide bonds. The van der Waals surface area contributed by atoms with Crippen molar-refractivity contribution >= 4 is 5.91 Å². The molecule has 1 aliphatic rings. The zero-order valence-electron chi connectivity index (χ0n) is 24.1. The van der Waals surface area contributed by atoms with Crippen molar-refractivity contribution in [2.75, 3.05) is 34.0 Å². The van der Waals surface area contributed by atoms with Crippen LogP contribution in [0, 0.1) is 23.2 Å². The SMILES string of the molecule is COCCCOc1cc(CC(CC(N)C(O)CNC(=O)C(C)(C)C2CCCCC2)C(C)C)ccc1OC. The summed E-state index contributed by atoms with van der Waals surface area (Å²) in [7, 11) is 3.32. The third-order valence-electron chi connectivity index (χ3n) is 8.17. The molecule has 0 aromatic heterocycles. The Morgan fingerprint density at radius 2 is 1.84 bits per heavy atom. The molecule has 0 saturated heterocycles. The van der Waals surface area contributed by atoms with Crippen LogP contribution in [0.1, 0.15) is 78.2 Å². The molecule has 0 spiro atoms. The minimum absolute atomic E-state index is 0.0160. The van der Waals surface area contributed by atoms with Crippen molar-refractivity contribution in [3.05, 3.63) is 23.8 Å². The van der Waals surface area contributed by atoms with Crippen LogP contribution in [0.15, 0.2) is 18.2 Å². The van der Waals surface area contributed by atoms with Gasteiger partial charge in [-0.15, -0.1) is 0 Å². The molecule has 1 fully saturated rings. The van der Waals surface area contributed by atoms with E-state index in [0.717, 1.165) is 37.0 Å². The molecule has 0 bridgehead atoms. The smallest absolute Gasteiger partial charge is 0.226 e. The Morgan fingerprint density at radius 1 is 1.14 bits per heavy atom. The summed E-state index contributed by atoms with van der Waals surface area (Å²) in [5.74, 6) is 2.51. The van der Waals surface area contributed by atoms with E-state index in [-0.39, 0.29) is 18.4 Å². The molecule has 212 valence electrons. The van der Waals surface area contributed by atoms with E-state index in [0.29, 0.717) is 37.2 Å². The standard InChI is InChI=1S/C30H52N2O5/c1-21(2)23(17-22-13-14-27(36-6)28(18-22)37-16-10-15-35-5)19-25(31)26(33)20-32-29(34)30(3,4)24-11-8-7-9-12-24/h13-14,18,21,23-26,33H,7-12,15-17,19-20,31H2,1-6H3,(H,32,34). The Bertz CT molecular complexity index is 807. The predicted octanol–water partition coefficient (Wildman–Crippen LogP) is 4.73. The van der Waals surface area contributed by atoms with Gasteiger partial charge in [-0.05, 0) is 61.1 Å². The summed E-state index contributed by atoms with van der Waals surface area (Å²) in [5, 5.41) is 13.8. The van der Waals surface area contributed by atoms with Gasteiger partial charge in [0.1, 0.15) is 0 Å². The van der Waals surface area contributed by atoms with Gasteiger partial charge in [0.25, 0.3) is 0 Å². The first-order valence-electron chi connectivity index (χ1n) is 14.1. The van der Waals surface area contributed by atoms with E-state index in [2.05, 4.69) is 25.2 Å². The number of hydrogen-bond acceptors (Lipinski definition) is 6. The van der Waals surface area contributed by atoms with Crippen LogP contribution in [0.25, 0.3) is 0 Å². The molecule has 37 heavy (non-hydrogen) atoms. The Balaban J connectivity index is 1.94. The normalized spacial score (nSPS) is 17.3. The number of benzene rings is 1. The number of hydrogen-bond donors (Lipinski definition) is 3. The van der Waals surface area contributed by atoms with E-state index in [1.807, 2.05) is 26.0 Å². The lowest BCUT2D eigenvalue weighted by atomic mass is 9.70. The number of carbonyl (C=O) groups excluding carboxylic acids is 1. The van der Waals surface area contributed by atoms with Crippen LogP contribution in [0.4, 0.5) is 0 Å². The first kappa shape index (κ1) is 31.4. The molecule has 0 aliphatic heterocycles. The number of rotatable bonds is 16.